The summed E-state index contributed by atoms with van der Waals surface area (Å²) < 4.78 is 6.90. The van der Waals surface area contributed by atoms with Crippen LogP contribution in [-0.4, -0.2) is 22.4 Å². The summed E-state index contributed by atoms with van der Waals surface area (Å²) in [6.07, 6.45) is 0.844. The lowest BCUT2D eigenvalue weighted by Gasteiger charge is -1.99. The first-order valence-electron chi connectivity index (χ1n) is 5.23. The molecule has 2 heterocycles. The predicted octanol–water partition coefficient (Wildman–Crippen LogP) is 2.51. The molecule has 0 aliphatic carbocycles. The maximum Gasteiger partial charge on any atom is 0.348 e. The maximum atomic E-state index is 11.7. The van der Waals surface area contributed by atoms with Gasteiger partial charge >= 0.3 is 5.97 Å². The van der Waals surface area contributed by atoms with Gasteiger partial charge in [0.1, 0.15) is 9.71 Å². The van der Waals surface area contributed by atoms with Crippen molar-refractivity contribution in [2.45, 2.75) is 20.3 Å². The number of carbonyl (C=O) groups excluding carboxylic acids is 1. The van der Waals surface area contributed by atoms with E-state index in [4.69, 9.17) is 4.74 Å². The Hall–Kier alpha value is -1.36. The van der Waals surface area contributed by atoms with Gasteiger partial charge in [-0.15, -0.1) is 11.3 Å². The fourth-order valence-electron chi connectivity index (χ4n) is 1.57. The average molecular weight is 238 g/mol. The standard InChI is InChI=1S/C11H14N2O2S/c1-4-5-15-11(14)9-6-8-7(2)12-13(3)10(8)16-9/h6H,4-5H2,1-3H3. The maximum absolute atomic E-state index is 11.7. The van der Waals surface area contributed by atoms with Crippen molar-refractivity contribution in [3.05, 3.63) is 16.6 Å². The van der Waals surface area contributed by atoms with Gasteiger partial charge in [0.2, 0.25) is 0 Å². The largest absolute Gasteiger partial charge is 0.462 e. The van der Waals surface area contributed by atoms with Gasteiger partial charge in [-0.05, 0) is 19.4 Å². The number of hydrogen-bond donors (Lipinski definition) is 0. The summed E-state index contributed by atoms with van der Waals surface area (Å²) in [5, 5.41) is 5.33. The lowest BCUT2D eigenvalue weighted by atomic mass is 10.3. The van der Waals surface area contributed by atoms with Crippen LogP contribution < -0.4 is 0 Å². The van der Waals surface area contributed by atoms with Gasteiger partial charge in [-0.1, -0.05) is 6.92 Å². The number of esters is 1. The Balaban J connectivity index is 2.32. The number of ether oxygens (including phenoxy) is 1. The summed E-state index contributed by atoms with van der Waals surface area (Å²) in [6, 6.07) is 1.86. The minimum Gasteiger partial charge on any atom is -0.462 e. The smallest absolute Gasteiger partial charge is 0.348 e. The molecular weight excluding hydrogens is 224 g/mol. The van der Waals surface area contributed by atoms with Gasteiger partial charge in [-0.3, -0.25) is 4.68 Å². The summed E-state index contributed by atoms with van der Waals surface area (Å²) in [5.41, 5.74) is 0.947. The Bertz CT molecular complexity index is 493. The van der Waals surface area contributed by atoms with E-state index < -0.39 is 0 Å². The van der Waals surface area contributed by atoms with Crippen molar-refractivity contribution >= 4 is 27.5 Å². The van der Waals surface area contributed by atoms with E-state index in [1.165, 1.54) is 11.3 Å². The van der Waals surface area contributed by atoms with E-state index in [0.717, 1.165) is 22.3 Å². The van der Waals surface area contributed by atoms with E-state index in [0.29, 0.717) is 11.5 Å². The molecule has 2 rings (SSSR count). The predicted molar refractivity (Wildman–Crippen MR) is 63.9 cm³/mol. The first kappa shape index (κ1) is 11.1. The van der Waals surface area contributed by atoms with Crippen LogP contribution in [0.4, 0.5) is 0 Å². The third-order valence-corrected chi connectivity index (χ3v) is 3.52. The molecule has 0 radical (unpaired) electrons. The third-order valence-electron chi connectivity index (χ3n) is 2.33. The molecule has 0 saturated heterocycles. The van der Waals surface area contributed by atoms with Crippen molar-refractivity contribution in [1.82, 2.24) is 9.78 Å². The van der Waals surface area contributed by atoms with Gasteiger partial charge in [0.25, 0.3) is 0 Å². The Morgan fingerprint density at radius 2 is 2.38 bits per heavy atom. The highest BCUT2D eigenvalue weighted by Crippen LogP contribution is 2.27. The fourth-order valence-corrected chi connectivity index (χ4v) is 2.59. The van der Waals surface area contributed by atoms with E-state index >= 15 is 0 Å². The van der Waals surface area contributed by atoms with Crippen LogP contribution in [0, 0.1) is 6.92 Å². The number of rotatable bonds is 3. The molecule has 5 heteroatoms. The second kappa shape index (κ2) is 4.25. The van der Waals surface area contributed by atoms with Gasteiger partial charge in [0, 0.05) is 12.4 Å². The minimum atomic E-state index is -0.234. The van der Waals surface area contributed by atoms with Crippen LogP contribution in [0.1, 0.15) is 28.7 Å². The number of aryl methyl sites for hydroxylation is 2. The van der Waals surface area contributed by atoms with Gasteiger partial charge < -0.3 is 4.74 Å². The van der Waals surface area contributed by atoms with Crippen LogP contribution in [0.3, 0.4) is 0 Å². The Kier molecular flexibility index (Phi) is 2.96. The number of fused-ring (bicyclic) bond motifs is 1. The summed E-state index contributed by atoms with van der Waals surface area (Å²) in [6.45, 7) is 4.40. The summed E-state index contributed by atoms with van der Waals surface area (Å²) >= 11 is 1.43. The van der Waals surface area contributed by atoms with Crippen molar-refractivity contribution in [2.75, 3.05) is 6.61 Å². The molecule has 0 aliphatic rings. The molecule has 0 atom stereocenters. The second-order valence-electron chi connectivity index (χ2n) is 3.67. The zero-order valence-electron chi connectivity index (χ0n) is 9.61. The van der Waals surface area contributed by atoms with Gasteiger partial charge in [0.05, 0.1) is 12.3 Å². The quantitative estimate of drug-likeness (QED) is 0.772. The normalized spacial score (nSPS) is 10.9. The third kappa shape index (κ3) is 1.82. The van der Waals surface area contributed by atoms with Crippen LogP contribution in [0.5, 0.6) is 0 Å². The summed E-state index contributed by atoms with van der Waals surface area (Å²) in [4.78, 5) is 13.3. The van der Waals surface area contributed by atoms with Gasteiger partial charge in [0.15, 0.2) is 0 Å². The molecule has 0 N–H and O–H groups in total. The van der Waals surface area contributed by atoms with Crippen molar-refractivity contribution in [3.63, 3.8) is 0 Å². The molecule has 86 valence electrons. The van der Waals surface area contributed by atoms with E-state index in [1.807, 2.05) is 27.0 Å². The molecule has 0 saturated carbocycles. The van der Waals surface area contributed by atoms with Crippen molar-refractivity contribution in [2.24, 2.45) is 7.05 Å². The molecule has 0 amide bonds. The van der Waals surface area contributed by atoms with E-state index in [9.17, 15) is 4.79 Å². The molecule has 0 bridgehead atoms. The zero-order chi connectivity index (χ0) is 11.7. The van der Waals surface area contributed by atoms with Crippen molar-refractivity contribution < 1.29 is 9.53 Å². The minimum absolute atomic E-state index is 0.234. The molecule has 16 heavy (non-hydrogen) atoms. The van der Waals surface area contributed by atoms with Gasteiger partial charge in [-0.2, -0.15) is 5.10 Å². The van der Waals surface area contributed by atoms with Gasteiger partial charge in [-0.25, -0.2) is 4.79 Å². The highest BCUT2D eigenvalue weighted by molar-refractivity contribution is 7.20. The lowest BCUT2D eigenvalue weighted by molar-refractivity contribution is 0.0511. The Labute approximate surface area is 97.8 Å². The molecule has 0 fully saturated rings. The van der Waals surface area contributed by atoms with Crippen LogP contribution in [0.15, 0.2) is 6.07 Å². The lowest BCUT2D eigenvalue weighted by Crippen LogP contribution is -2.03. The molecule has 0 aliphatic heterocycles. The molecule has 2 aromatic rings. The SMILES string of the molecule is CCCOC(=O)c1cc2c(C)nn(C)c2s1. The highest BCUT2D eigenvalue weighted by atomic mass is 32.1. The molecule has 0 aromatic carbocycles. The number of carbonyl (C=O) groups is 1. The number of aromatic nitrogens is 2. The second-order valence-corrected chi connectivity index (χ2v) is 4.71. The Morgan fingerprint density at radius 3 is 3.00 bits per heavy atom. The van der Waals surface area contributed by atoms with E-state index in [1.54, 1.807) is 4.68 Å². The number of nitrogens with zero attached hydrogens (tertiary/aromatic N) is 2. The zero-order valence-corrected chi connectivity index (χ0v) is 10.4. The summed E-state index contributed by atoms with van der Waals surface area (Å²) in [5.74, 6) is -0.234. The molecular formula is C11H14N2O2S. The van der Waals surface area contributed by atoms with Crippen molar-refractivity contribution in [3.8, 4) is 0 Å². The molecule has 0 spiro atoms. The molecule has 2 aromatic heterocycles. The fraction of sp³-hybridized carbons (Fsp3) is 0.455. The Morgan fingerprint density at radius 1 is 1.62 bits per heavy atom. The van der Waals surface area contributed by atoms with E-state index in [2.05, 4.69) is 5.10 Å². The van der Waals surface area contributed by atoms with Crippen LogP contribution >= 0.6 is 11.3 Å². The highest BCUT2D eigenvalue weighted by Gasteiger charge is 2.15. The molecule has 0 unspecified atom stereocenters. The number of thiophene rings is 1. The van der Waals surface area contributed by atoms with Crippen LogP contribution in [-0.2, 0) is 11.8 Å². The van der Waals surface area contributed by atoms with Crippen LogP contribution in [0.25, 0.3) is 10.2 Å². The monoisotopic (exact) mass is 238 g/mol. The first-order chi connectivity index (χ1) is 7.63. The number of hydrogen-bond acceptors (Lipinski definition) is 4. The van der Waals surface area contributed by atoms with Crippen molar-refractivity contribution in [1.29, 1.82) is 0 Å². The average Bonchev–Trinajstić information content (AvgIpc) is 2.79. The topological polar surface area (TPSA) is 44.1 Å². The molecule has 4 nitrogen and oxygen atoms in total. The summed E-state index contributed by atoms with van der Waals surface area (Å²) in [7, 11) is 1.88. The first-order valence-corrected chi connectivity index (χ1v) is 6.05. The van der Waals surface area contributed by atoms with E-state index in [-0.39, 0.29) is 5.97 Å². The van der Waals surface area contributed by atoms with Crippen LogP contribution in [0.2, 0.25) is 0 Å².